The van der Waals surface area contributed by atoms with Crippen molar-refractivity contribution in [3.8, 4) is 17.3 Å². The molecule has 3 heterocycles. The number of nitrogens with zero attached hydrogens (tertiary/aromatic N) is 5. The number of carbonyl (C=O) groups excluding carboxylic acids is 1. The van der Waals surface area contributed by atoms with Crippen molar-refractivity contribution >= 4 is 32.6 Å². The zero-order chi connectivity index (χ0) is 36.0. The van der Waals surface area contributed by atoms with E-state index in [1.165, 1.54) is 0 Å². The van der Waals surface area contributed by atoms with Gasteiger partial charge in [-0.3, -0.25) is 4.79 Å². The number of benzene rings is 5. The summed E-state index contributed by atoms with van der Waals surface area (Å²) in [6, 6.07) is 44.7. The molecule has 0 fully saturated rings. The van der Waals surface area contributed by atoms with Crippen LogP contribution in [0, 0.1) is 11.3 Å². The van der Waals surface area contributed by atoms with E-state index in [2.05, 4.69) is 47.0 Å². The quantitative estimate of drug-likeness (QED) is 0.148. The Hall–Kier alpha value is -6.37. The summed E-state index contributed by atoms with van der Waals surface area (Å²) in [6.45, 7) is 3.58. The van der Waals surface area contributed by atoms with Gasteiger partial charge >= 0.3 is 0 Å². The molecule has 0 saturated carbocycles. The SMILES string of the molecule is CC(C)S(=O)(=O)c1ccc(-c2cnc3c(n2)c(N2Cc4cc(C#N)ccc4C2=O)cn3C(c2ccccc2)(c2ccccc2)c2ccccc2)cc1. The first-order valence-corrected chi connectivity index (χ1v) is 18.5. The molecule has 0 bridgehead atoms. The van der Waals surface area contributed by atoms with Crippen LogP contribution in [0.5, 0.6) is 0 Å². The Balaban J connectivity index is 1.41. The van der Waals surface area contributed by atoms with Gasteiger partial charge in [-0.05, 0) is 66.4 Å². The summed E-state index contributed by atoms with van der Waals surface area (Å²) in [7, 11) is -3.46. The van der Waals surface area contributed by atoms with Crippen molar-refractivity contribution in [1.29, 1.82) is 5.26 Å². The van der Waals surface area contributed by atoms with Gasteiger partial charge in [-0.1, -0.05) is 103 Å². The van der Waals surface area contributed by atoms with Crippen LogP contribution in [0.25, 0.3) is 22.4 Å². The molecule has 0 radical (unpaired) electrons. The van der Waals surface area contributed by atoms with Crippen LogP contribution < -0.4 is 4.90 Å². The van der Waals surface area contributed by atoms with Crippen LogP contribution in [-0.2, 0) is 21.9 Å². The summed E-state index contributed by atoms with van der Waals surface area (Å²) < 4.78 is 27.9. The lowest BCUT2D eigenvalue weighted by Crippen LogP contribution is -2.37. The van der Waals surface area contributed by atoms with E-state index in [9.17, 15) is 18.5 Å². The standard InChI is InChI=1S/C43H33N5O3S/c1-29(2)52(50,51)36-21-19-31(20-22-36)38-26-45-41-40(46-38)39(47-27-32-24-30(25-44)18-23-37(32)42(47)49)28-48(41)43(33-12-6-3-7-13-33,34-14-8-4-9-15-34)35-16-10-5-11-17-35/h3-24,26,28-29H,27H2,1-2H3. The number of aromatic nitrogens is 3. The van der Waals surface area contributed by atoms with Gasteiger partial charge < -0.3 is 9.47 Å². The topological polar surface area (TPSA) is 109 Å². The van der Waals surface area contributed by atoms with Crippen LogP contribution in [0.4, 0.5) is 5.69 Å². The van der Waals surface area contributed by atoms with E-state index in [0.29, 0.717) is 39.2 Å². The molecule has 1 aliphatic rings. The third-order valence-electron chi connectivity index (χ3n) is 9.84. The number of anilines is 1. The largest absolute Gasteiger partial charge is 0.310 e. The fraction of sp³-hybridized carbons (Fsp3) is 0.116. The van der Waals surface area contributed by atoms with E-state index in [-0.39, 0.29) is 17.3 Å². The van der Waals surface area contributed by atoms with Crippen molar-refractivity contribution < 1.29 is 13.2 Å². The molecule has 0 spiro atoms. The van der Waals surface area contributed by atoms with Crippen LogP contribution in [0.15, 0.2) is 151 Å². The summed E-state index contributed by atoms with van der Waals surface area (Å²) in [5, 5.41) is 9.05. The number of rotatable bonds is 8. The number of nitriles is 1. The van der Waals surface area contributed by atoms with Crippen LogP contribution >= 0.6 is 0 Å². The molecule has 52 heavy (non-hydrogen) atoms. The maximum atomic E-state index is 14.2. The van der Waals surface area contributed by atoms with E-state index >= 15 is 0 Å². The van der Waals surface area contributed by atoms with Gasteiger partial charge in [0.05, 0.1) is 45.9 Å². The molecule has 5 aromatic carbocycles. The van der Waals surface area contributed by atoms with Crippen molar-refractivity contribution in [3.05, 3.63) is 179 Å². The second kappa shape index (κ2) is 12.7. The van der Waals surface area contributed by atoms with Crippen molar-refractivity contribution in [2.75, 3.05) is 4.90 Å². The van der Waals surface area contributed by atoms with Crippen molar-refractivity contribution in [1.82, 2.24) is 14.5 Å². The molecule has 9 heteroatoms. The Morgan fingerprint density at radius 2 is 1.37 bits per heavy atom. The molecular weight excluding hydrogens is 667 g/mol. The first-order valence-electron chi connectivity index (χ1n) is 17.0. The lowest BCUT2D eigenvalue weighted by molar-refractivity contribution is 0.0996. The third-order valence-corrected chi connectivity index (χ3v) is 12.0. The highest BCUT2D eigenvalue weighted by atomic mass is 32.2. The van der Waals surface area contributed by atoms with E-state index in [1.54, 1.807) is 67.4 Å². The summed E-state index contributed by atoms with van der Waals surface area (Å²) in [5.41, 5.74) is 6.63. The summed E-state index contributed by atoms with van der Waals surface area (Å²) in [4.78, 5) is 26.4. The predicted molar refractivity (Wildman–Crippen MR) is 202 cm³/mol. The number of fused-ring (bicyclic) bond motifs is 2. The molecule has 8 nitrogen and oxygen atoms in total. The lowest BCUT2D eigenvalue weighted by Gasteiger charge is -2.38. The fourth-order valence-corrected chi connectivity index (χ4v) is 8.26. The zero-order valence-electron chi connectivity index (χ0n) is 28.5. The van der Waals surface area contributed by atoms with Gasteiger partial charge in [-0.15, -0.1) is 0 Å². The number of amides is 1. The minimum atomic E-state index is -3.46. The minimum Gasteiger partial charge on any atom is -0.310 e. The molecule has 8 rings (SSSR count). The summed E-state index contributed by atoms with van der Waals surface area (Å²) in [6.07, 6.45) is 3.66. The molecule has 0 aliphatic carbocycles. The molecule has 7 aromatic rings. The van der Waals surface area contributed by atoms with Crippen LogP contribution in [0.2, 0.25) is 0 Å². The summed E-state index contributed by atoms with van der Waals surface area (Å²) in [5.74, 6) is -0.196. The summed E-state index contributed by atoms with van der Waals surface area (Å²) >= 11 is 0. The molecule has 0 atom stereocenters. The van der Waals surface area contributed by atoms with Crippen molar-refractivity contribution in [2.45, 2.75) is 36.1 Å². The average Bonchev–Trinajstić information content (AvgIpc) is 3.73. The Labute approximate surface area is 302 Å². The zero-order valence-corrected chi connectivity index (χ0v) is 29.3. The maximum Gasteiger partial charge on any atom is 0.259 e. The molecular formula is C43H33N5O3S. The average molecular weight is 700 g/mol. The van der Waals surface area contributed by atoms with E-state index in [1.807, 2.05) is 60.8 Å². The van der Waals surface area contributed by atoms with Crippen LogP contribution in [-0.4, -0.2) is 34.1 Å². The fourth-order valence-electron chi connectivity index (χ4n) is 7.20. The Bertz CT molecular complexity index is 2520. The van der Waals surface area contributed by atoms with Gasteiger partial charge in [-0.2, -0.15) is 5.26 Å². The molecule has 254 valence electrons. The Kier molecular flexibility index (Phi) is 8.05. The number of carbonyl (C=O) groups is 1. The molecule has 0 N–H and O–H groups in total. The predicted octanol–water partition coefficient (Wildman–Crippen LogP) is 8.15. The highest BCUT2D eigenvalue weighted by Crippen LogP contribution is 2.45. The first kappa shape index (κ1) is 32.8. The third kappa shape index (κ3) is 5.19. The van der Waals surface area contributed by atoms with Gasteiger partial charge in [0.25, 0.3) is 5.91 Å². The normalized spacial score (nSPS) is 13.0. The highest BCUT2D eigenvalue weighted by Gasteiger charge is 2.42. The molecule has 0 unspecified atom stereocenters. The highest BCUT2D eigenvalue weighted by molar-refractivity contribution is 7.92. The smallest absolute Gasteiger partial charge is 0.259 e. The molecule has 0 saturated heterocycles. The molecule has 1 amide bonds. The minimum absolute atomic E-state index is 0.196. The second-order valence-corrected chi connectivity index (χ2v) is 15.6. The van der Waals surface area contributed by atoms with E-state index in [0.717, 1.165) is 22.3 Å². The maximum absolute atomic E-state index is 14.2. The van der Waals surface area contributed by atoms with Gasteiger partial charge in [0, 0.05) is 17.3 Å². The molecule has 2 aromatic heterocycles. The van der Waals surface area contributed by atoms with Gasteiger partial charge in [0.1, 0.15) is 11.1 Å². The number of hydrogen-bond donors (Lipinski definition) is 0. The monoisotopic (exact) mass is 699 g/mol. The Morgan fingerprint density at radius 1 is 0.788 bits per heavy atom. The first-order chi connectivity index (χ1) is 25.2. The van der Waals surface area contributed by atoms with Gasteiger partial charge in [0.2, 0.25) is 0 Å². The lowest BCUT2D eigenvalue weighted by atomic mass is 9.76. The van der Waals surface area contributed by atoms with Crippen molar-refractivity contribution in [3.63, 3.8) is 0 Å². The van der Waals surface area contributed by atoms with Gasteiger partial charge in [-0.25, -0.2) is 18.4 Å². The Morgan fingerprint density at radius 3 is 1.90 bits per heavy atom. The van der Waals surface area contributed by atoms with E-state index < -0.39 is 20.6 Å². The van der Waals surface area contributed by atoms with Gasteiger partial charge in [0.15, 0.2) is 15.5 Å². The van der Waals surface area contributed by atoms with Crippen molar-refractivity contribution in [2.24, 2.45) is 0 Å². The second-order valence-electron chi connectivity index (χ2n) is 13.1. The van der Waals surface area contributed by atoms with E-state index in [4.69, 9.17) is 9.97 Å². The number of sulfone groups is 1. The molecule has 1 aliphatic heterocycles. The van der Waals surface area contributed by atoms with Crippen LogP contribution in [0.1, 0.15) is 52.0 Å². The van der Waals surface area contributed by atoms with Crippen LogP contribution in [0.3, 0.4) is 0 Å². The number of hydrogen-bond acceptors (Lipinski definition) is 6.